The maximum atomic E-state index is 11.5. The first-order valence-corrected chi connectivity index (χ1v) is 6.13. The minimum absolute atomic E-state index is 0.0606. The van der Waals surface area contributed by atoms with Crippen molar-refractivity contribution in [1.82, 2.24) is 5.32 Å². The molecule has 5 heteroatoms. The second-order valence-electron chi connectivity index (χ2n) is 4.28. The Hall–Kier alpha value is -2.04. The van der Waals surface area contributed by atoms with E-state index in [4.69, 9.17) is 4.74 Å². The first-order chi connectivity index (χ1) is 8.99. The molecule has 1 atom stereocenters. The van der Waals surface area contributed by atoms with E-state index in [0.717, 1.165) is 5.56 Å². The number of aliphatic carboxylic acids is 1. The zero-order valence-corrected chi connectivity index (χ0v) is 11.4. The summed E-state index contributed by atoms with van der Waals surface area (Å²) in [5.74, 6) is -1.40. The summed E-state index contributed by atoms with van der Waals surface area (Å²) in [6, 6.07) is 5.15. The van der Waals surface area contributed by atoms with E-state index in [2.05, 4.69) is 5.32 Å². The number of methoxy groups -OCH3 is 1. The third-order valence-corrected chi connectivity index (χ3v) is 2.88. The third kappa shape index (κ3) is 3.98. The number of carboxylic acid groups (broad SMARTS) is 1. The molecule has 1 unspecified atom stereocenters. The fourth-order valence-corrected chi connectivity index (χ4v) is 1.92. The van der Waals surface area contributed by atoms with Crippen molar-refractivity contribution in [3.05, 3.63) is 29.3 Å². The number of hydrogen-bond donors (Lipinski definition) is 2. The number of carbonyl (C=O) groups is 2. The van der Waals surface area contributed by atoms with Crippen molar-refractivity contribution in [1.29, 1.82) is 0 Å². The number of rotatable bonds is 6. The molecule has 1 aromatic carbocycles. The minimum atomic E-state index is -1.00. The number of amides is 1. The van der Waals surface area contributed by atoms with Gasteiger partial charge in [-0.15, -0.1) is 0 Å². The smallest absolute Gasteiger partial charge is 0.311 e. The van der Waals surface area contributed by atoms with Gasteiger partial charge in [-0.3, -0.25) is 9.59 Å². The molecule has 2 N–H and O–H groups in total. The Morgan fingerprint density at radius 2 is 2.11 bits per heavy atom. The second kappa shape index (κ2) is 6.78. The third-order valence-electron chi connectivity index (χ3n) is 2.88. The topological polar surface area (TPSA) is 75.6 Å². The minimum Gasteiger partial charge on any atom is -0.496 e. The van der Waals surface area contributed by atoms with Gasteiger partial charge < -0.3 is 15.2 Å². The standard InChI is InChI=1S/C14H19NO4/c1-4-15-13(16)8-11(14(17)18)10-5-6-12(19-3)9(2)7-10/h5-7,11H,4,8H2,1-3H3,(H,15,16)(H,17,18). The average molecular weight is 265 g/mol. The van der Waals surface area contributed by atoms with Crippen LogP contribution in [0, 0.1) is 6.92 Å². The molecule has 0 aromatic heterocycles. The van der Waals surface area contributed by atoms with Crippen LogP contribution in [0.25, 0.3) is 0 Å². The fraction of sp³-hybridized carbons (Fsp3) is 0.429. The van der Waals surface area contributed by atoms with Crippen molar-refractivity contribution in [3.8, 4) is 5.75 Å². The van der Waals surface area contributed by atoms with Crippen molar-refractivity contribution in [2.24, 2.45) is 0 Å². The first-order valence-electron chi connectivity index (χ1n) is 6.13. The maximum Gasteiger partial charge on any atom is 0.311 e. The summed E-state index contributed by atoms with van der Waals surface area (Å²) in [5.41, 5.74) is 1.46. The summed E-state index contributed by atoms with van der Waals surface area (Å²) < 4.78 is 5.13. The van der Waals surface area contributed by atoms with Crippen LogP contribution in [0.4, 0.5) is 0 Å². The first kappa shape index (κ1) is 15.0. The van der Waals surface area contributed by atoms with Crippen LogP contribution < -0.4 is 10.1 Å². The molecule has 0 saturated carbocycles. The van der Waals surface area contributed by atoms with E-state index in [1.54, 1.807) is 32.2 Å². The van der Waals surface area contributed by atoms with Crippen molar-refractivity contribution in [3.63, 3.8) is 0 Å². The van der Waals surface area contributed by atoms with Crippen LogP contribution in [0.1, 0.15) is 30.4 Å². The van der Waals surface area contributed by atoms with E-state index < -0.39 is 11.9 Å². The normalized spacial score (nSPS) is 11.7. The fourth-order valence-electron chi connectivity index (χ4n) is 1.92. The average Bonchev–Trinajstić information content (AvgIpc) is 2.36. The molecule has 19 heavy (non-hydrogen) atoms. The molecule has 0 bridgehead atoms. The molecule has 0 heterocycles. The number of hydrogen-bond acceptors (Lipinski definition) is 3. The van der Waals surface area contributed by atoms with Crippen molar-refractivity contribution in [2.45, 2.75) is 26.2 Å². The second-order valence-corrected chi connectivity index (χ2v) is 4.28. The van der Waals surface area contributed by atoms with Gasteiger partial charge >= 0.3 is 5.97 Å². The highest BCUT2D eigenvalue weighted by atomic mass is 16.5. The predicted molar refractivity (Wildman–Crippen MR) is 71.4 cm³/mol. The largest absolute Gasteiger partial charge is 0.496 e. The molecule has 1 amide bonds. The Morgan fingerprint density at radius 1 is 1.42 bits per heavy atom. The van der Waals surface area contributed by atoms with Crippen molar-refractivity contribution in [2.75, 3.05) is 13.7 Å². The SMILES string of the molecule is CCNC(=O)CC(C(=O)O)c1ccc(OC)c(C)c1. The van der Waals surface area contributed by atoms with Crippen LogP contribution >= 0.6 is 0 Å². The number of carbonyl (C=O) groups excluding carboxylic acids is 1. The lowest BCUT2D eigenvalue weighted by Gasteiger charge is -2.14. The molecule has 1 aromatic rings. The van der Waals surface area contributed by atoms with Gasteiger partial charge in [0.25, 0.3) is 0 Å². The molecule has 0 radical (unpaired) electrons. The molecule has 0 aliphatic heterocycles. The molecule has 5 nitrogen and oxygen atoms in total. The Morgan fingerprint density at radius 3 is 2.58 bits per heavy atom. The van der Waals surface area contributed by atoms with Gasteiger partial charge in [0.15, 0.2) is 0 Å². The summed E-state index contributed by atoms with van der Waals surface area (Å²) in [7, 11) is 1.56. The van der Waals surface area contributed by atoms with E-state index in [0.29, 0.717) is 17.9 Å². The van der Waals surface area contributed by atoms with Gasteiger partial charge in [-0.1, -0.05) is 12.1 Å². The molecule has 0 spiro atoms. The van der Waals surface area contributed by atoms with Gasteiger partial charge in [-0.05, 0) is 31.0 Å². The lowest BCUT2D eigenvalue weighted by atomic mass is 9.94. The molecular formula is C14H19NO4. The summed E-state index contributed by atoms with van der Waals surface area (Å²) in [5, 5.41) is 11.9. The molecule has 0 saturated heterocycles. The zero-order valence-electron chi connectivity index (χ0n) is 11.4. The Kier molecular flexibility index (Phi) is 5.36. The summed E-state index contributed by atoms with van der Waals surface area (Å²) >= 11 is 0. The van der Waals surface area contributed by atoms with Gasteiger partial charge in [0.2, 0.25) is 5.91 Å². The summed E-state index contributed by atoms with van der Waals surface area (Å²) in [4.78, 5) is 22.8. The highest BCUT2D eigenvalue weighted by Gasteiger charge is 2.23. The maximum absolute atomic E-state index is 11.5. The number of aryl methyl sites for hydroxylation is 1. The van der Waals surface area contributed by atoms with Crippen LogP contribution in [0.15, 0.2) is 18.2 Å². The van der Waals surface area contributed by atoms with E-state index in [-0.39, 0.29) is 12.3 Å². The van der Waals surface area contributed by atoms with Gasteiger partial charge in [-0.2, -0.15) is 0 Å². The van der Waals surface area contributed by atoms with E-state index in [9.17, 15) is 14.7 Å². The van der Waals surface area contributed by atoms with Gasteiger partial charge in [0, 0.05) is 13.0 Å². The zero-order chi connectivity index (χ0) is 14.4. The van der Waals surface area contributed by atoms with Gasteiger partial charge in [0.1, 0.15) is 5.75 Å². The van der Waals surface area contributed by atoms with E-state index in [1.165, 1.54) is 0 Å². The number of ether oxygens (including phenoxy) is 1. The summed E-state index contributed by atoms with van der Waals surface area (Å²) in [6.07, 6.45) is -0.0606. The van der Waals surface area contributed by atoms with Crippen molar-refractivity contribution < 1.29 is 19.4 Å². The van der Waals surface area contributed by atoms with Crippen LogP contribution in [-0.4, -0.2) is 30.6 Å². The monoisotopic (exact) mass is 265 g/mol. The number of carboxylic acids is 1. The Labute approximate surface area is 112 Å². The molecule has 0 aliphatic carbocycles. The van der Waals surface area contributed by atoms with Crippen molar-refractivity contribution >= 4 is 11.9 Å². The number of benzene rings is 1. The Balaban J connectivity index is 2.96. The molecule has 0 aliphatic rings. The van der Waals surface area contributed by atoms with Gasteiger partial charge in [-0.25, -0.2) is 0 Å². The lowest BCUT2D eigenvalue weighted by molar-refractivity contribution is -0.140. The predicted octanol–water partition coefficient (Wildman–Crippen LogP) is 1.70. The quantitative estimate of drug-likeness (QED) is 0.820. The molecule has 104 valence electrons. The molecular weight excluding hydrogens is 246 g/mol. The lowest BCUT2D eigenvalue weighted by Crippen LogP contribution is -2.27. The highest BCUT2D eigenvalue weighted by molar-refractivity contribution is 5.85. The summed E-state index contributed by atoms with van der Waals surface area (Å²) in [6.45, 7) is 4.13. The highest BCUT2D eigenvalue weighted by Crippen LogP contribution is 2.26. The van der Waals surface area contributed by atoms with Crippen LogP contribution in [0.2, 0.25) is 0 Å². The van der Waals surface area contributed by atoms with E-state index in [1.807, 2.05) is 6.92 Å². The van der Waals surface area contributed by atoms with Gasteiger partial charge in [0.05, 0.1) is 13.0 Å². The molecule has 1 rings (SSSR count). The Bertz CT molecular complexity index is 471. The van der Waals surface area contributed by atoms with Crippen LogP contribution in [0.3, 0.4) is 0 Å². The van der Waals surface area contributed by atoms with Crippen LogP contribution in [0.5, 0.6) is 5.75 Å². The molecule has 0 fully saturated rings. The number of nitrogens with one attached hydrogen (secondary N) is 1. The van der Waals surface area contributed by atoms with E-state index >= 15 is 0 Å². The van der Waals surface area contributed by atoms with Crippen LogP contribution in [-0.2, 0) is 9.59 Å².